The fourth-order valence-corrected chi connectivity index (χ4v) is 5.16. The molecule has 3 heterocycles. The molecule has 0 bridgehead atoms. The van der Waals surface area contributed by atoms with Crippen LogP contribution in [0, 0.1) is 5.92 Å². The fraction of sp³-hybridized carbons (Fsp3) is 0.421. The van der Waals surface area contributed by atoms with E-state index >= 15 is 0 Å². The first-order chi connectivity index (χ1) is 13.6. The van der Waals surface area contributed by atoms with Gasteiger partial charge in [0.15, 0.2) is 5.76 Å². The van der Waals surface area contributed by atoms with Crippen LogP contribution in [0.25, 0.3) is 11.3 Å². The molecule has 0 aromatic carbocycles. The Morgan fingerprint density at radius 1 is 1.14 bits per heavy atom. The van der Waals surface area contributed by atoms with Gasteiger partial charge in [0, 0.05) is 50.1 Å². The summed E-state index contributed by atoms with van der Waals surface area (Å²) in [5, 5.41) is 3.68. The van der Waals surface area contributed by atoms with Crippen molar-refractivity contribution in [1.82, 2.24) is 19.3 Å². The lowest BCUT2D eigenvalue weighted by atomic mass is 9.93. The number of sulfonamides is 1. The number of amides is 1. The van der Waals surface area contributed by atoms with E-state index in [0.29, 0.717) is 18.7 Å². The Morgan fingerprint density at radius 3 is 2.64 bits per heavy atom. The first-order valence-electron chi connectivity index (χ1n) is 9.36. The molecule has 148 valence electrons. The minimum atomic E-state index is -3.77. The Bertz CT molecular complexity index is 963. The Kier molecular flexibility index (Phi) is 5.27. The van der Waals surface area contributed by atoms with Gasteiger partial charge in [0.05, 0.1) is 6.20 Å². The van der Waals surface area contributed by atoms with Crippen molar-refractivity contribution in [1.29, 1.82) is 0 Å². The molecule has 0 radical (unpaired) electrons. The average Bonchev–Trinajstić information content (AvgIpc) is 3.25. The molecule has 4 rings (SSSR count). The number of nitrogens with zero attached hydrogens (tertiary/aromatic N) is 4. The van der Waals surface area contributed by atoms with Crippen molar-refractivity contribution >= 4 is 15.9 Å². The van der Waals surface area contributed by atoms with Crippen LogP contribution in [0.15, 0.2) is 52.3 Å². The topological polar surface area (TPSA) is 96.6 Å². The van der Waals surface area contributed by atoms with Crippen LogP contribution >= 0.6 is 0 Å². The van der Waals surface area contributed by atoms with E-state index in [1.807, 2.05) is 0 Å². The highest BCUT2D eigenvalue weighted by atomic mass is 32.2. The van der Waals surface area contributed by atoms with Crippen LogP contribution < -0.4 is 0 Å². The third-order valence-electron chi connectivity index (χ3n) is 5.25. The molecule has 1 amide bonds. The van der Waals surface area contributed by atoms with E-state index < -0.39 is 10.0 Å². The summed E-state index contributed by atoms with van der Waals surface area (Å²) < 4.78 is 32.8. The Balaban J connectivity index is 1.47. The third-order valence-corrected chi connectivity index (χ3v) is 7.14. The maximum absolute atomic E-state index is 13.1. The molecule has 9 heteroatoms. The van der Waals surface area contributed by atoms with Gasteiger partial charge in [-0.1, -0.05) is 17.3 Å². The lowest BCUT2D eigenvalue weighted by Gasteiger charge is -2.35. The van der Waals surface area contributed by atoms with Gasteiger partial charge in [0.25, 0.3) is 0 Å². The van der Waals surface area contributed by atoms with Crippen molar-refractivity contribution in [3.8, 4) is 11.3 Å². The number of pyridine rings is 1. The van der Waals surface area contributed by atoms with Crippen molar-refractivity contribution in [3.05, 3.63) is 42.9 Å². The Labute approximate surface area is 163 Å². The normalized spacial score (nSPS) is 21.0. The van der Waals surface area contributed by atoms with E-state index in [0.717, 1.165) is 19.3 Å². The summed E-state index contributed by atoms with van der Waals surface area (Å²) in [6.45, 7) is 1.31. The average molecular weight is 402 g/mol. The van der Waals surface area contributed by atoms with Gasteiger partial charge in [-0.25, -0.2) is 8.42 Å². The molecular formula is C19H22N4O4S. The molecule has 0 saturated carbocycles. The first kappa shape index (κ1) is 18.8. The van der Waals surface area contributed by atoms with Gasteiger partial charge in [0.2, 0.25) is 15.9 Å². The molecule has 1 aliphatic heterocycles. The SMILES string of the molecule is O=C(C1CC=CCC1)N1CCN(S(=O)(=O)c2cnoc2-c2cccnc2)CC1. The summed E-state index contributed by atoms with van der Waals surface area (Å²) in [6, 6.07) is 3.43. The highest BCUT2D eigenvalue weighted by Crippen LogP contribution is 2.29. The van der Waals surface area contributed by atoms with Crippen molar-refractivity contribution in [2.24, 2.45) is 5.92 Å². The molecule has 1 unspecified atom stereocenters. The van der Waals surface area contributed by atoms with Gasteiger partial charge in [-0.15, -0.1) is 0 Å². The van der Waals surface area contributed by atoms with Crippen LogP contribution in [0.4, 0.5) is 0 Å². The predicted molar refractivity (Wildman–Crippen MR) is 102 cm³/mol. The fourth-order valence-electron chi connectivity index (χ4n) is 3.67. The molecule has 0 spiro atoms. The van der Waals surface area contributed by atoms with E-state index in [9.17, 15) is 13.2 Å². The summed E-state index contributed by atoms with van der Waals surface area (Å²) in [7, 11) is -3.77. The highest BCUT2D eigenvalue weighted by Gasteiger charge is 2.35. The molecule has 1 aliphatic carbocycles. The smallest absolute Gasteiger partial charge is 0.248 e. The minimum Gasteiger partial charge on any atom is -0.355 e. The molecule has 2 aliphatic rings. The lowest BCUT2D eigenvalue weighted by molar-refractivity contribution is -0.137. The summed E-state index contributed by atoms with van der Waals surface area (Å²) >= 11 is 0. The van der Waals surface area contributed by atoms with E-state index in [2.05, 4.69) is 22.3 Å². The number of rotatable bonds is 4. The van der Waals surface area contributed by atoms with Gasteiger partial charge >= 0.3 is 0 Å². The molecule has 8 nitrogen and oxygen atoms in total. The van der Waals surface area contributed by atoms with Crippen molar-refractivity contribution < 1.29 is 17.7 Å². The Hall–Kier alpha value is -2.52. The van der Waals surface area contributed by atoms with E-state index in [-0.39, 0.29) is 35.6 Å². The van der Waals surface area contributed by atoms with Crippen LogP contribution in [0.5, 0.6) is 0 Å². The van der Waals surface area contributed by atoms with Crippen molar-refractivity contribution in [3.63, 3.8) is 0 Å². The van der Waals surface area contributed by atoms with Crippen molar-refractivity contribution in [2.45, 2.75) is 24.2 Å². The molecule has 1 fully saturated rings. The van der Waals surface area contributed by atoms with Crippen LogP contribution in [0.3, 0.4) is 0 Å². The van der Waals surface area contributed by atoms with Crippen LogP contribution in [0.1, 0.15) is 19.3 Å². The number of aromatic nitrogens is 2. The quantitative estimate of drug-likeness (QED) is 0.725. The lowest BCUT2D eigenvalue weighted by Crippen LogP contribution is -2.51. The molecule has 2 aromatic rings. The second-order valence-corrected chi connectivity index (χ2v) is 8.88. The van der Waals surface area contributed by atoms with Gasteiger partial charge in [0.1, 0.15) is 4.90 Å². The van der Waals surface area contributed by atoms with Gasteiger partial charge in [-0.05, 0) is 31.4 Å². The largest absolute Gasteiger partial charge is 0.355 e. The third kappa shape index (κ3) is 3.59. The molecule has 1 atom stereocenters. The van der Waals surface area contributed by atoms with Crippen LogP contribution in [-0.2, 0) is 14.8 Å². The van der Waals surface area contributed by atoms with Crippen LogP contribution in [-0.4, -0.2) is 59.8 Å². The highest BCUT2D eigenvalue weighted by molar-refractivity contribution is 7.89. The van der Waals surface area contributed by atoms with Gasteiger partial charge < -0.3 is 9.42 Å². The van der Waals surface area contributed by atoms with E-state index in [4.69, 9.17) is 4.52 Å². The minimum absolute atomic E-state index is 0.0171. The molecule has 2 aromatic heterocycles. The zero-order valence-electron chi connectivity index (χ0n) is 15.4. The number of carbonyl (C=O) groups excluding carboxylic acids is 1. The standard InChI is InChI=1S/C19H22N4O4S/c24-19(15-5-2-1-3-6-15)22-9-11-23(12-10-22)28(25,26)17-14-21-27-18(17)16-7-4-8-20-13-16/h1-2,4,7-8,13-15H,3,5-6,9-12H2. The number of hydrogen-bond acceptors (Lipinski definition) is 6. The molecule has 1 saturated heterocycles. The molecule has 28 heavy (non-hydrogen) atoms. The van der Waals surface area contributed by atoms with Gasteiger partial charge in [-0.3, -0.25) is 9.78 Å². The van der Waals surface area contributed by atoms with E-state index in [1.165, 1.54) is 16.7 Å². The van der Waals surface area contributed by atoms with Gasteiger partial charge in [-0.2, -0.15) is 4.31 Å². The summed E-state index contributed by atoms with van der Waals surface area (Å²) in [4.78, 5) is 18.5. The number of hydrogen-bond donors (Lipinski definition) is 0. The summed E-state index contributed by atoms with van der Waals surface area (Å²) in [6.07, 6.45) is 11.1. The zero-order valence-corrected chi connectivity index (χ0v) is 16.2. The second-order valence-electron chi connectivity index (χ2n) is 6.97. The molecule has 0 N–H and O–H groups in total. The maximum Gasteiger partial charge on any atom is 0.248 e. The zero-order chi connectivity index (χ0) is 19.6. The molecular weight excluding hydrogens is 380 g/mol. The second kappa shape index (κ2) is 7.84. The van der Waals surface area contributed by atoms with E-state index in [1.54, 1.807) is 23.2 Å². The summed E-state index contributed by atoms with van der Waals surface area (Å²) in [5.41, 5.74) is 0.553. The first-order valence-corrected chi connectivity index (χ1v) is 10.8. The monoisotopic (exact) mass is 402 g/mol. The van der Waals surface area contributed by atoms with Crippen molar-refractivity contribution in [2.75, 3.05) is 26.2 Å². The number of piperazine rings is 1. The number of carbonyl (C=O) groups is 1. The summed E-state index contributed by atoms with van der Waals surface area (Å²) in [5.74, 6) is 0.325. The maximum atomic E-state index is 13.1. The predicted octanol–water partition coefficient (Wildman–Crippen LogP) is 1.93. The van der Waals surface area contributed by atoms with Crippen LogP contribution in [0.2, 0.25) is 0 Å². The number of allylic oxidation sites excluding steroid dienone is 2. The Morgan fingerprint density at radius 2 is 1.96 bits per heavy atom.